The lowest BCUT2D eigenvalue weighted by Gasteiger charge is -2.10. The minimum Gasteiger partial charge on any atom is -0.482 e. The molecule has 0 aliphatic heterocycles. The third-order valence-corrected chi connectivity index (χ3v) is 4.66. The monoisotopic (exact) mass is 418 g/mol. The Morgan fingerprint density at radius 3 is 2.45 bits per heavy atom. The molecule has 3 aromatic rings. The zero-order chi connectivity index (χ0) is 22.1. The van der Waals surface area contributed by atoms with E-state index in [2.05, 4.69) is 0 Å². The number of hydrogen-bond acceptors (Lipinski definition) is 5. The standard InChI is InChI=1S/C26H26O5/c1-19-13-14-24(20(2)16-19)30-18-25(27)31-23-12-6-11-22(17-23)26(28)29-15-7-10-21-8-4-3-5-9-21/h3-6,8-9,11-14,16-17H,7,10,15,18H2,1-2H3. The third-order valence-electron chi connectivity index (χ3n) is 4.66. The second-order valence-electron chi connectivity index (χ2n) is 7.28. The number of ether oxygens (including phenoxy) is 3. The van der Waals surface area contributed by atoms with Gasteiger partial charge in [-0.05, 0) is 62.1 Å². The smallest absolute Gasteiger partial charge is 0.349 e. The molecule has 0 aliphatic carbocycles. The fourth-order valence-corrected chi connectivity index (χ4v) is 3.11. The predicted octanol–water partition coefficient (Wildman–Crippen LogP) is 5.08. The minimum absolute atomic E-state index is 0.224. The maximum absolute atomic E-state index is 12.3. The molecule has 0 aliphatic rings. The molecule has 160 valence electrons. The third kappa shape index (κ3) is 7.00. The minimum atomic E-state index is -0.548. The van der Waals surface area contributed by atoms with Gasteiger partial charge in [-0.3, -0.25) is 0 Å². The summed E-state index contributed by atoms with van der Waals surface area (Å²) in [6.07, 6.45) is 1.58. The van der Waals surface area contributed by atoms with Crippen LogP contribution in [0.1, 0.15) is 33.5 Å². The fraction of sp³-hybridized carbons (Fsp3) is 0.231. The first-order valence-electron chi connectivity index (χ1n) is 10.2. The molecule has 0 heterocycles. The largest absolute Gasteiger partial charge is 0.482 e. The summed E-state index contributed by atoms with van der Waals surface area (Å²) < 4.78 is 16.2. The van der Waals surface area contributed by atoms with Gasteiger partial charge in [0, 0.05) is 0 Å². The van der Waals surface area contributed by atoms with Crippen LogP contribution in [0, 0.1) is 13.8 Å². The molecule has 3 aromatic carbocycles. The molecule has 0 spiro atoms. The lowest BCUT2D eigenvalue weighted by atomic mass is 10.1. The maximum atomic E-state index is 12.3. The van der Waals surface area contributed by atoms with Gasteiger partial charge >= 0.3 is 11.9 Å². The molecule has 5 nitrogen and oxygen atoms in total. The molecule has 0 saturated carbocycles. The summed E-state index contributed by atoms with van der Waals surface area (Å²) in [4.78, 5) is 24.4. The van der Waals surface area contributed by atoms with Crippen molar-refractivity contribution in [1.29, 1.82) is 0 Å². The summed E-state index contributed by atoms with van der Waals surface area (Å²) in [5.41, 5.74) is 3.61. The van der Waals surface area contributed by atoms with Crippen LogP contribution in [-0.2, 0) is 16.0 Å². The van der Waals surface area contributed by atoms with Crippen molar-refractivity contribution in [2.24, 2.45) is 0 Å². The Morgan fingerprint density at radius 2 is 1.68 bits per heavy atom. The van der Waals surface area contributed by atoms with Crippen LogP contribution in [-0.4, -0.2) is 25.2 Å². The fourth-order valence-electron chi connectivity index (χ4n) is 3.11. The molecule has 0 saturated heterocycles. The van der Waals surface area contributed by atoms with Gasteiger partial charge in [0.1, 0.15) is 11.5 Å². The quantitative estimate of drug-likeness (QED) is 0.276. The van der Waals surface area contributed by atoms with Crippen LogP contribution >= 0.6 is 0 Å². The molecule has 0 aromatic heterocycles. The molecule has 0 N–H and O–H groups in total. The second-order valence-corrected chi connectivity index (χ2v) is 7.28. The Morgan fingerprint density at radius 1 is 0.871 bits per heavy atom. The summed E-state index contributed by atoms with van der Waals surface area (Å²) in [6, 6.07) is 22.1. The van der Waals surface area contributed by atoms with E-state index in [1.54, 1.807) is 18.2 Å². The number of esters is 2. The Hall–Kier alpha value is -3.60. The van der Waals surface area contributed by atoms with Gasteiger partial charge in [-0.15, -0.1) is 0 Å². The SMILES string of the molecule is Cc1ccc(OCC(=O)Oc2cccc(C(=O)OCCCc3ccccc3)c2)c(C)c1. The summed E-state index contributed by atoms with van der Waals surface area (Å²) in [5, 5.41) is 0. The van der Waals surface area contributed by atoms with Gasteiger partial charge in [-0.25, -0.2) is 9.59 Å². The summed E-state index contributed by atoms with van der Waals surface area (Å²) in [7, 11) is 0. The van der Waals surface area contributed by atoms with Crippen molar-refractivity contribution in [3.8, 4) is 11.5 Å². The van der Waals surface area contributed by atoms with Crippen molar-refractivity contribution < 1.29 is 23.8 Å². The molecule has 31 heavy (non-hydrogen) atoms. The molecule has 0 atom stereocenters. The van der Waals surface area contributed by atoms with Crippen molar-refractivity contribution in [3.63, 3.8) is 0 Å². The van der Waals surface area contributed by atoms with Crippen LogP contribution in [0.25, 0.3) is 0 Å². The van der Waals surface area contributed by atoms with E-state index in [1.165, 1.54) is 11.6 Å². The van der Waals surface area contributed by atoms with Crippen LogP contribution in [0.4, 0.5) is 0 Å². The highest BCUT2D eigenvalue weighted by atomic mass is 16.6. The van der Waals surface area contributed by atoms with Crippen molar-refractivity contribution >= 4 is 11.9 Å². The van der Waals surface area contributed by atoms with Crippen LogP contribution in [0.5, 0.6) is 11.5 Å². The van der Waals surface area contributed by atoms with Crippen LogP contribution in [0.2, 0.25) is 0 Å². The predicted molar refractivity (Wildman–Crippen MR) is 119 cm³/mol. The Labute approximate surface area is 182 Å². The molecule has 0 unspecified atom stereocenters. The molecule has 0 bridgehead atoms. The first kappa shape index (κ1) is 22.1. The second kappa shape index (κ2) is 11.0. The van der Waals surface area contributed by atoms with Gasteiger partial charge in [0.15, 0.2) is 6.61 Å². The van der Waals surface area contributed by atoms with Crippen molar-refractivity contribution in [1.82, 2.24) is 0 Å². The highest BCUT2D eigenvalue weighted by Gasteiger charge is 2.12. The van der Waals surface area contributed by atoms with Gasteiger partial charge in [-0.1, -0.05) is 54.1 Å². The van der Waals surface area contributed by atoms with Crippen LogP contribution < -0.4 is 9.47 Å². The van der Waals surface area contributed by atoms with E-state index in [4.69, 9.17) is 14.2 Å². The highest BCUT2D eigenvalue weighted by molar-refractivity contribution is 5.90. The van der Waals surface area contributed by atoms with E-state index in [-0.39, 0.29) is 12.4 Å². The van der Waals surface area contributed by atoms with E-state index in [0.717, 1.165) is 24.0 Å². The number of benzene rings is 3. The normalized spacial score (nSPS) is 10.4. The Balaban J connectivity index is 1.46. The number of rotatable bonds is 9. The van der Waals surface area contributed by atoms with Crippen molar-refractivity contribution in [2.75, 3.05) is 13.2 Å². The van der Waals surface area contributed by atoms with Crippen molar-refractivity contribution in [2.45, 2.75) is 26.7 Å². The zero-order valence-corrected chi connectivity index (χ0v) is 17.8. The summed E-state index contributed by atoms with van der Waals surface area (Å²) in [6.45, 7) is 4.01. The van der Waals surface area contributed by atoms with E-state index in [0.29, 0.717) is 17.9 Å². The number of hydrogen-bond donors (Lipinski definition) is 0. The van der Waals surface area contributed by atoms with Gasteiger partial charge in [0.05, 0.1) is 12.2 Å². The van der Waals surface area contributed by atoms with Gasteiger partial charge in [-0.2, -0.15) is 0 Å². The number of aryl methyl sites for hydroxylation is 3. The van der Waals surface area contributed by atoms with Crippen LogP contribution in [0.15, 0.2) is 72.8 Å². The van der Waals surface area contributed by atoms with Gasteiger partial charge in [0.25, 0.3) is 0 Å². The average Bonchev–Trinajstić information content (AvgIpc) is 2.77. The summed E-state index contributed by atoms with van der Waals surface area (Å²) in [5.74, 6) is -0.0887. The van der Waals surface area contributed by atoms with Gasteiger partial charge < -0.3 is 14.2 Å². The lowest BCUT2D eigenvalue weighted by Crippen LogP contribution is -2.18. The van der Waals surface area contributed by atoms with Crippen LogP contribution in [0.3, 0.4) is 0 Å². The van der Waals surface area contributed by atoms with E-state index < -0.39 is 11.9 Å². The number of carbonyl (C=O) groups is 2. The molecule has 3 rings (SSSR count). The molecule has 5 heteroatoms. The molecule has 0 fully saturated rings. The van der Waals surface area contributed by atoms with Gasteiger partial charge in [0.2, 0.25) is 0 Å². The molecular weight excluding hydrogens is 392 g/mol. The lowest BCUT2D eigenvalue weighted by molar-refractivity contribution is -0.136. The average molecular weight is 418 g/mol. The molecular formula is C26H26O5. The first-order chi connectivity index (χ1) is 15.0. The van der Waals surface area contributed by atoms with E-state index in [9.17, 15) is 9.59 Å². The highest BCUT2D eigenvalue weighted by Crippen LogP contribution is 2.19. The topological polar surface area (TPSA) is 61.8 Å². The first-order valence-corrected chi connectivity index (χ1v) is 10.2. The maximum Gasteiger partial charge on any atom is 0.349 e. The molecule has 0 radical (unpaired) electrons. The van der Waals surface area contributed by atoms with Crippen molar-refractivity contribution in [3.05, 3.63) is 95.1 Å². The Kier molecular flexibility index (Phi) is 7.82. The van der Waals surface area contributed by atoms with E-state index >= 15 is 0 Å². The summed E-state index contributed by atoms with van der Waals surface area (Å²) >= 11 is 0. The molecule has 0 amide bonds. The van der Waals surface area contributed by atoms with E-state index in [1.807, 2.05) is 62.4 Å². The zero-order valence-electron chi connectivity index (χ0n) is 17.8. The Bertz CT molecular complexity index is 1030. The number of carbonyl (C=O) groups excluding carboxylic acids is 2.